The zero-order chi connectivity index (χ0) is 26.0. The van der Waals surface area contributed by atoms with Crippen LogP contribution in [0.4, 0.5) is 35.3 Å². The number of fused-ring (bicyclic) bond motifs is 4. The number of aliphatic hydroxyl groups is 2. The Hall–Kier alpha value is -3.65. The predicted octanol–water partition coefficient (Wildman–Crippen LogP) is 1.52. The van der Waals surface area contributed by atoms with E-state index in [1.807, 2.05) is 10.2 Å². The largest absolute Gasteiger partial charge is 0.475 e. The van der Waals surface area contributed by atoms with Crippen molar-refractivity contribution in [3.05, 3.63) is 36.0 Å². The minimum atomic E-state index is -4.61. The van der Waals surface area contributed by atoms with E-state index in [1.54, 1.807) is 12.1 Å². The van der Waals surface area contributed by atoms with Gasteiger partial charge in [0.15, 0.2) is 5.82 Å². The summed E-state index contributed by atoms with van der Waals surface area (Å²) in [5.74, 6) is -0.590. The maximum atomic E-state index is 13.3. The van der Waals surface area contributed by atoms with Crippen molar-refractivity contribution in [2.75, 3.05) is 41.4 Å². The van der Waals surface area contributed by atoms with Gasteiger partial charge in [0.05, 0.1) is 18.3 Å². The van der Waals surface area contributed by atoms with E-state index in [1.165, 1.54) is 23.1 Å². The fourth-order valence-electron chi connectivity index (χ4n) is 3.92. The number of rotatable bonds is 7. The molecular formula is C22H25F3N6O5. The van der Waals surface area contributed by atoms with E-state index in [0.29, 0.717) is 25.2 Å². The summed E-state index contributed by atoms with van der Waals surface area (Å²) in [6.45, 7) is 1.34. The number of carbonyl (C=O) groups is 2. The molecule has 3 atom stereocenters. The fraction of sp³-hybridized carbons (Fsp3) is 0.455. The summed E-state index contributed by atoms with van der Waals surface area (Å²) in [6, 6.07) is 4.58. The molecule has 0 unspecified atom stereocenters. The van der Waals surface area contributed by atoms with Crippen molar-refractivity contribution in [1.82, 2.24) is 15.3 Å². The van der Waals surface area contributed by atoms with Crippen LogP contribution in [0.15, 0.2) is 30.3 Å². The molecule has 2 bridgehead atoms. The van der Waals surface area contributed by atoms with Crippen LogP contribution in [0.2, 0.25) is 0 Å². The summed E-state index contributed by atoms with van der Waals surface area (Å²) < 4.78 is 43.9. The molecule has 194 valence electrons. The molecule has 0 aromatic carbocycles. The molecule has 1 saturated heterocycles. The first-order valence-electron chi connectivity index (χ1n) is 11.2. The van der Waals surface area contributed by atoms with E-state index < -0.39 is 36.9 Å². The number of hydrogen-bond acceptors (Lipinski definition) is 8. The lowest BCUT2D eigenvalue weighted by molar-refractivity contribution is -0.149. The number of hydrogen-bond donors (Lipinski definition) is 4. The molecule has 0 aliphatic carbocycles. The van der Waals surface area contributed by atoms with Crippen LogP contribution in [0.5, 0.6) is 5.88 Å². The van der Waals surface area contributed by atoms with Crippen molar-refractivity contribution in [3.8, 4) is 5.88 Å². The van der Waals surface area contributed by atoms with Crippen LogP contribution in [0.1, 0.15) is 23.8 Å². The van der Waals surface area contributed by atoms with Crippen LogP contribution in [0, 0.1) is 0 Å². The number of carbonyl (C=O) groups excluding carboxylic acids is 2. The zero-order valence-electron chi connectivity index (χ0n) is 19.2. The number of amides is 3. The van der Waals surface area contributed by atoms with Crippen LogP contribution in [-0.4, -0.2) is 82.8 Å². The van der Waals surface area contributed by atoms with Crippen LogP contribution in [0.3, 0.4) is 0 Å². The number of pyridine rings is 2. The van der Waals surface area contributed by atoms with Gasteiger partial charge in [-0.1, -0.05) is 6.07 Å². The monoisotopic (exact) mass is 510 g/mol. The highest BCUT2D eigenvalue weighted by molar-refractivity contribution is 6.05. The second-order valence-electron chi connectivity index (χ2n) is 8.47. The molecule has 0 spiro atoms. The minimum absolute atomic E-state index is 0.113. The van der Waals surface area contributed by atoms with Crippen molar-refractivity contribution in [3.63, 3.8) is 0 Å². The predicted molar refractivity (Wildman–Crippen MR) is 122 cm³/mol. The fourth-order valence-corrected chi connectivity index (χ4v) is 3.92. The number of urea groups is 1. The van der Waals surface area contributed by atoms with Gasteiger partial charge in [0, 0.05) is 19.2 Å². The van der Waals surface area contributed by atoms with Crippen LogP contribution < -0.4 is 25.2 Å². The number of alkyl halides is 3. The summed E-state index contributed by atoms with van der Waals surface area (Å²) in [7, 11) is 0. The normalized spacial score (nSPS) is 18.3. The number of ether oxygens (including phenoxy) is 1. The number of nitrogens with one attached hydrogen (secondary N) is 2. The Bertz CT molecular complexity index is 1130. The van der Waals surface area contributed by atoms with E-state index in [0.717, 1.165) is 6.92 Å². The minimum Gasteiger partial charge on any atom is -0.475 e. The lowest BCUT2D eigenvalue weighted by Gasteiger charge is -2.35. The molecule has 0 saturated carbocycles. The second kappa shape index (κ2) is 10.1. The van der Waals surface area contributed by atoms with Gasteiger partial charge in [0.2, 0.25) is 5.88 Å². The molecule has 2 aromatic rings. The van der Waals surface area contributed by atoms with Gasteiger partial charge in [0.1, 0.15) is 30.3 Å². The van der Waals surface area contributed by atoms with E-state index in [2.05, 4.69) is 15.3 Å². The molecule has 11 nitrogen and oxygen atoms in total. The highest BCUT2D eigenvalue weighted by atomic mass is 19.4. The summed E-state index contributed by atoms with van der Waals surface area (Å²) in [5, 5.41) is 22.9. The average Bonchev–Trinajstić information content (AvgIpc) is 3.25. The molecule has 2 aliphatic heterocycles. The molecule has 4 N–H and O–H groups in total. The highest BCUT2D eigenvalue weighted by Crippen LogP contribution is 2.39. The van der Waals surface area contributed by atoms with Crippen LogP contribution in [-0.2, 0) is 0 Å². The van der Waals surface area contributed by atoms with Crippen molar-refractivity contribution in [2.24, 2.45) is 0 Å². The van der Waals surface area contributed by atoms with Crippen LogP contribution >= 0.6 is 0 Å². The van der Waals surface area contributed by atoms with E-state index in [4.69, 9.17) is 9.84 Å². The highest BCUT2D eigenvalue weighted by Gasteiger charge is 2.41. The molecular weight excluding hydrogens is 485 g/mol. The molecule has 2 aliphatic rings. The van der Waals surface area contributed by atoms with Gasteiger partial charge in [-0.05, 0) is 31.5 Å². The SMILES string of the molecule is C[C@@H](NC(=O)c1ccc2c(n1)N(C(=O)Nc1cccc(OC[C@@H](O)CO)n1)[C@H]1CCN2C1)C(F)(F)F. The summed E-state index contributed by atoms with van der Waals surface area (Å²) >= 11 is 0. The second-order valence-corrected chi connectivity index (χ2v) is 8.47. The average molecular weight is 510 g/mol. The summed E-state index contributed by atoms with van der Waals surface area (Å²) in [5.41, 5.74) is 0.337. The Labute approximate surface area is 203 Å². The molecule has 2 aromatic heterocycles. The maximum absolute atomic E-state index is 13.3. The topological polar surface area (TPSA) is 140 Å². The first-order valence-corrected chi connectivity index (χ1v) is 11.2. The number of nitrogens with zero attached hydrogens (tertiary/aromatic N) is 4. The van der Waals surface area contributed by atoms with Gasteiger partial charge >= 0.3 is 12.2 Å². The molecule has 4 heterocycles. The zero-order valence-corrected chi connectivity index (χ0v) is 19.2. The molecule has 4 rings (SSSR count). The smallest absolute Gasteiger partial charge is 0.408 e. The quantitative estimate of drug-likeness (QED) is 0.440. The maximum Gasteiger partial charge on any atom is 0.408 e. The van der Waals surface area contributed by atoms with Crippen molar-refractivity contribution in [2.45, 2.75) is 37.7 Å². The first-order chi connectivity index (χ1) is 17.1. The summed E-state index contributed by atoms with van der Waals surface area (Å²) in [6.07, 6.45) is -5.06. The Balaban J connectivity index is 1.55. The molecule has 3 amide bonds. The summed E-state index contributed by atoms with van der Waals surface area (Å²) in [4.78, 5) is 37.5. The van der Waals surface area contributed by atoms with Crippen LogP contribution in [0.25, 0.3) is 0 Å². The Kier molecular flexibility index (Phi) is 7.17. The Morgan fingerprint density at radius 3 is 2.75 bits per heavy atom. The van der Waals surface area contributed by atoms with Gasteiger partial charge in [-0.3, -0.25) is 15.0 Å². The number of halogens is 3. The lowest BCUT2D eigenvalue weighted by Crippen LogP contribution is -2.49. The molecule has 14 heteroatoms. The van der Waals surface area contributed by atoms with Gasteiger partial charge in [-0.25, -0.2) is 9.78 Å². The first kappa shape index (κ1) is 25.4. The van der Waals surface area contributed by atoms with Gasteiger partial charge in [-0.15, -0.1) is 0 Å². The molecule has 1 fully saturated rings. The third-order valence-electron chi connectivity index (χ3n) is 5.83. The Morgan fingerprint density at radius 2 is 2.03 bits per heavy atom. The third kappa shape index (κ3) is 5.44. The number of aliphatic hydroxyl groups excluding tert-OH is 2. The number of anilines is 3. The van der Waals surface area contributed by atoms with Crippen molar-refractivity contribution < 1.29 is 37.7 Å². The standard InChI is InChI=1S/C22H25F3N6O5/c1-12(22(23,24)25)26-20(34)15-5-6-16-19(27-15)31(13-7-8-30(16)9-13)21(35)29-17-3-2-4-18(28-17)36-11-14(33)10-32/h2-6,12-14,32-33H,7-11H2,1H3,(H,26,34)(H,28,29,35)/t12-,13+,14+/m1/s1. The van der Waals surface area contributed by atoms with E-state index in [9.17, 15) is 27.9 Å². The van der Waals surface area contributed by atoms with E-state index >= 15 is 0 Å². The van der Waals surface area contributed by atoms with Crippen molar-refractivity contribution >= 4 is 29.3 Å². The number of aromatic nitrogens is 2. The third-order valence-corrected chi connectivity index (χ3v) is 5.83. The lowest BCUT2D eigenvalue weighted by atomic mass is 10.1. The molecule has 36 heavy (non-hydrogen) atoms. The van der Waals surface area contributed by atoms with Gasteiger partial charge in [-0.2, -0.15) is 18.2 Å². The van der Waals surface area contributed by atoms with Gasteiger partial charge in [0.25, 0.3) is 5.91 Å². The molecule has 0 radical (unpaired) electrons. The van der Waals surface area contributed by atoms with Crippen molar-refractivity contribution in [1.29, 1.82) is 0 Å². The van der Waals surface area contributed by atoms with E-state index in [-0.39, 0.29) is 35.9 Å². The van der Waals surface area contributed by atoms with Gasteiger partial charge < -0.3 is 25.2 Å². The Morgan fingerprint density at radius 1 is 1.25 bits per heavy atom.